The minimum absolute atomic E-state index is 1.26. The molecular formula is C24H16I4P+. The highest BCUT2D eigenvalue weighted by molar-refractivity contribution is 14.1. The maximum Gasteiger partial charge on any atom is 0.144 e. The van der Waals surface area contributed by atoms with Crippen LogP contribution in [-0.4, -0.2) is 0 Å². The van der Waals surface area contributed by atoms with Crippen molar-refractivity contribution in [1.82, 2.24) is 0 Å². The van der Waals surface area contributed by atoms with Crippen molar-refractivity contribution in [1.29, 1.82) is 0 Å². The summed E-state index contributed by atoms with van der Waals surface area (Å²) in [4.78, 5) is 0. The quantitative estimate of drug-likeness (QED) is 0.158. The molecule has 29 heavy (non-hydrogen) atoms. The predicted octanol–water partition coefficient (Wildman–Crippen LogP) is 6.72. The van der Waals surface area contributed by atoms with Gasteiger partial charge in [0, 0.05) is 14.3 Å². The van der Waals surface area contributed by atoms with Crippen LogP contribution in [0, 0.1) is 14.3 Å². The van der Waals surface area contributed by atoms with Crippen LogP contribution < -0.4 is 21.2 Å². The molecule has 0 spiro atoms. The Morgan fingerprint density at radius 3 is 0.655 bits per heavy atom. The molecule has 0 saturated heterocycles. The summed E-state index contributed by atoms with van der Waals surface area (Å²) in [5.41, 5.74) is 0. The van der Waals surface area contributed by atoms with Crippen molar-refractivity contribution < 1.29 is 0 Å². The van der Waals surface area contributed by atoms with Crippen LogP contribution in [0.1, 0.15) is 0 Å². The Hall–Kier alpha value is 0.230. The van der Waals surface area contributed by atoms with E-state index >= 15 is 0 Å². The average Bonchev–Trinajstić information content (AvgIpc) is 2.73. The van der Waals surface area contributed by atoms with Crippen molar-refractivity contribution in [3.8, 4) is 0 Å². The van der Waals surface area contributed by atoms with Gasteiger partial charge in [0.25, 0.3) is 0 Å². The van der Waals surface area contributed by atoms with Gasteiger partial charge in [0.05, 0.1) is 0 Å². The maximum absolute atomic E-state index is 2.39. The number of rotatable bonds is 4. The lowest BCUT2D eigenvalue weighted by Crippen LogP contribution is -2.38. The van der Waals surface area contributed by atoms with Gasteiger partial charge in [-0.3, -0.25) is 0 Å². The molecule has 0 atom stereocenters. The summed E-state index contributed by atoms with van der Waals surface area (Å²) in [6, 6.07) is 36.4. The predicted molar refractivity (Wildman–Crippen MR) is 162 cm³/mol. The first-order valence-corrected chi connectivity index (χ1v) is 15.0. The first-order chi connectivity index (χ1) is 14.0. The van der Waals surface area contributed by atoms with Gasteiger partial charge < -0.3 is 0 Å². The van der Waals surface area contributed by atoms with E-state index in [1.54, 1.807) is 0 Å². The van der Waals surface area contributed by atoms with Gasteiger partial charge in [-0.05, 0) is 187 Å². The molecule has 0 radical (unpaired) electrons. The highest BCUT2D eigenvalue weighted by atomic mass is 127. The molecule has 0 heterocycles. The smallest absolute Gasteiger partial charge is 0.0449 e. The fraction of sp³-hybridized carbons (Fsp3) is 0. The summed E-state index contributed by atoms with van der Waals surface area (Å²) in [5.74, 6) is 0. The molecule has 0 amide bonds. The largest absolute Gasteiger partial charge is 0.144 e. The number of halogens is 4. The number of benzene rings is 4. The van der Waals surface area contributed by atoms with Crippen LogP contribution in [0.4, 0.5) is 0 Å². The first-order valence-electron chi connectivity index (χ1n) is 8.94. The Morgan fingerprint density at radius 1 is 0.310 bits per heavy atom. The third-order valence-electron chi connectivity index (χ3n) is 4.86. The molecule has 0 N–H and O–H groups in total. The van der Waals surface area contributed by atoms with E-state index in [0.29, 0.717) is 0 Å². The molecule has 0 nitrogen and oxygen atoms in total. The van der Waals surface area contributed by atoms with Crippen molar-refractivity contribution in [3.05, 3.63) is 111 Å². The van der Waals surface area contributed by atoms with E-state index in [4.69, 9.17) is 0 Å². The lowest BCUT2D eigenvalue weighted by atomic mass is 10.3. The summed E-state index contributed by atoms with van der Waals surface area (Å²) < 4.78 is 5.05. The lowest BCUT2D eigenvalue weighted by Gasteiger charge is -2.28. The van der Waals surface area contributed by atoms with E-state index < -0.39 is 7.26 Å². The molecule has 0 saturated carbocycles. The van der Waals surface area contributed by atoms with Crippen molar-refractivity contribution >= 4 is 119 Å². The number of hydrogen-bond acceptors (Lipinski definition) is 0. The van der Waals surface area contributed by atoms with E-state index in [9.17, 15) is 0 Å². The van der Waals surface area contributed by atoms with Gasteiger partial charge in [-0.25, -0.2) is 0 Å². The summed E-state index contributed by atoms with van der Waals surface area (Å²) in [7, 11) is -2.00. The van der Waals surface area contributed by atoms with Crippen LogP contribution in [0.15, 0.2) is 97.1 Å². The maximum atomic E-state index is 2.39. The molecule has 0 aliphatic rings. The van der Waals surface area contributed by atoms with E-state index in [1.807, 2.05) is 0 Å². The zero-order valence-electron chi connectivity index (χ0n) is 15.2. The fourth-order valence-corrected chi connectivity index (χ4v) is 9.17. The normalized spacial score (nSPS) is 11.4. The molecule has 0 aliphatic heterocycles. The molecule has 0 unspecified atom stereocenters. The highest BCUT2D eigenvalue weighted by Gasteiger charge is 2.47. The van der Waals surface area contributed by atoms with Crippen LogP contribution in [-0.2, 0) is 0 Å². The number of hydrogen-bond donors (Lipinski definition) is 0. The van der Waals surface area contributed by atoms with E-state index in [0.717, 1.165) is 0 Å². The molecule has 0 aromatic heterocycles. The third-order valence-corrected chi connectivity index (χ3v) is 12.0. The Balaban J connectivity index is 2.11. The van der Waals surface area contributed by atoms with Gasteiger partial charge in [0.15, 0.2) is 0 Å². The summed E-state index contributed by atoms with van der Waals surface area (Å²) in [6.45, 7) is 0. The molecule has 0 bridgehead atoms. The lowest BCUT2D eigenvalue weighted by molar-refractivity contribution is 1.64. The fourth-order valence-electron chi connectivity index (χ4n) is 3.55. The minimum Gasteiger partial charge on any atom is -0.0449 e. The van der Waals surface area contributed by atoms with Crippen molar-refractivity contribution in [2.75, 3.05) is 0 Å². The van der Waals surface area contributed by atoms with E-state index in [2.05, 4.69) is 187 Å². The van der Waals surface area contributed by atoms with Crippen LogP contribution in [0.2, 0.25) is 0 Å². The van der Waals surface area contributed by atoms with Crippen molar-refractivity contribution in [3.63, 3.8) is 0 Å². The second kappa shape index (κ2) is 9.79. The zero-order valence-corrected chi connectivity index (χ0v) is 24.7. The second-order valence-electron chi connectivity index (χ2n) is 6.58. The summed E-state index contributed by atoms with van der Waals surface area (Å²) in [6.07, 6.45) is 0. The minimum atomic E-state index is -2.00. The van der Waals surface area contributed by atoms with Crippen molar-refractivity contribution in [2.24, 2.45) is 0 Å². The SMILES string of the molecule is Ic1ccc([P+](c2ccc(I)cc2)(c2ccc(I)cc2)c2ccc(I)cc2)cc1. The average molecular weight is 843 g/mol. The first kappa shape index (κ1) is 22.4. The topological polar surface area (TPSA) is 0 Å². The molecule has 144 valence electrons. The summed E-state index contributed by atoms with van der Waals surface area (Å²) >= 11 is 9.56. The van der Waals surface area contributed by atoms with Gasteiger partial charge in [-0.1, -0.05) is 0 Å². The van der Waals surface area contributed by atoms with Crippen LogP contribution in [0.25, 0.3) is 0 Å². The molecule has 0 aliphatic carbocycles. The highest BCUT2D eigenvalue weighted by Crippen LogP contribution is 2.54. The second-order valence-corrected chi connectivity index (χ2v) is 15.0. The molecule has 0 fully saturated rings. The zero-order chi connectivity index (χ0) is 20.4. The Bertz CT molecular complexity index is 916. The molecule has 5 heteroatoms. The van der Waals surface area contributed by atoms with Crippen molar-refractivity contribution in [2.45, 2.75) is 0 Å². The van der Waals surface area contributed by atoms with Gasteiger partial charge in [-0.2, -0.15) is 0 Å². The van der Waals surface area contributed by atoms with E-state index in [1.165, 1.54) is 35.5 Å². The molecular weight excluding hydrogens is 827 g/mol. The monoisotopic (exact) mass is 843 g/mol. The Labute approximate surface area is 227 Å². The molecule has 4 aromatic rings. The summed E-state index contributed by atoms with van der Waals surface area (Å²) in [5, 5.41) is 5.56. The van der Waals surface area contributed by atoms with Crippen LogP contribution in [0.5, 0.6) is 0 Å². The van der Waals surface area contributed by atoms with Gasteiger partial charge >= 0.3 is 0 Å². The Morgan fingerprint density at radius 2 is 0.483 bits per heavy atom. The molecule has 4 aromatic carbocycles. The Kier molecular flexibility index (Phi) is 7.57. The third kappa shape index (κ3) is 4.71. The van der Waals surface area contributed by atoms with Crippen LogP contribution in [0.3, 0.4) is 0 Å². The van der Waals surface area contributed by atoms with Crippen LogP contribution >= 0.6 is 97.6 Å². The molecule has 4 rings (SSSR count). The van der Waals surface area contributed by atoms with Gasteiger partial charge in [0.2, 0.25) is 0 Å². The standard InChI is InChI=1S/C24H16I4P/c25-17-1-9-21(10-2-17)29(22-11-3-18(26)4-12-22,23-13-5-19(27)6-14-23)24-15-7-20(28)8-16-24/h1-16H/q+1. The van der Waals surface area contributed by atoms with Gasteiger partial charge in [-0.15, -0.1) is 0 Å². The van der Waals surface area contributed by atoms with E-state index in [-0.39, 0.29) is 0 Å². The van der Waals surface area contributed by atoms with Gasteiger partial charge in [0.1, 0.15) is 28.5 Å².